The molecule has 0 radical (unpaired) electrons. The van der Waals surface area contributed by atoms with Crippen LogP contribution < -0.4 is 10.2 Å². The largest absolute Gasteiger partial charge is 0.508 e. The van der Waals surface area contributed by atoms with Gasteiger partial charge in [0, 0.05) is 43.3 Å². The van der Waals surface area contributed by atoms with E-state index in [1.165, 1.54) is 5.69 Å². The van der Waals surface area contributed by atoms with Crippen LogP contribution in [-0.2, 0) is 11.2 Å². The fraction of sp³-hybridized carbons (Fsp3) is 0.400. The molecular weight excluding hydrogens is 314 g/mol. The van der Waals surface area contributed by atoms with Crippen molar-refractivity contribution in [1.82, 2.24) is 10.3 Å². The topological polar surface area (TPSA) is 65.5 Å². The van der Waals surface area contributed by atoms with Crippen LogP contribution in [0.1, 0.15) is 24.8 Å². The van der Waals surface area contributed by atoms with Crippen LogP contribution in [0.25, 0.3) is 0 Å². The highest BCUT2D eigenvalue weighted by Gasteiger charge is 2.19. The standard InChI is InChI=1S/C20H25N3O2/c24-19-4-2-1-3-17(19)15-20(25)22-12-5-16-8-13-23(14-9-16)18-6-10-21-11-7-18/h1-4,6-7,10-11,16,24H,5,8-9,12-15H2,(H,22,25). The van der Waals surface area contributed by atoms with Crippen molar-refractivity contribution in [2.24, 2.45) is 5.92 Å². The Balaban J connectivity index is 1.36. The molecule has 1 aliphatic heterocycles. The van der Waals surface area contributed by atoms with Crippen molar-refractivity contribution in [3.8, 4) is 5.75 Å². The lowest BCUT2D eigenvalue weighted by molar-refractivity contribution is -0.120. The van der Waals surface area contributed by atoms with E-state index in [1.54, 1.807) is 18.2 Å². The number of pyridine rings is 1. The van der Waals surface area contributed by atoms with Gasteiger partial charge in [-0.2, -0.15) is 0 Å². The van der Waals surface area contributed by atoms with E-state index >= 15 is 0 Å². The monoisotopic (exact) mass is 339 g/mol. The molecule has 0 atom stereocenters. The van der Waals surface area contributed by atoms with E-state index in [1.807, 2.05) is 18.5 Å². The van der Waals surface area contributed by atoms with E-state index in [0.717, 1.165) is 32.4 Å². The summed E-state index contributed by atoms with van der Waals surface area (Å²) in [7, 11) is 0. The highest BCUT2D eigenvalue weighted by molar-refractivity contribution is 5.79. The van der Waals surface area contributed by atoms with Gasteiger partial charge in [0.05, 0.1) is 6.42 Å². The number of para-hydroxylation sites is 1. The van der Waals surface area contributed by atoms with E-state index in [9.17, 15) is 9.90 Å². The zero-order valence-electron chi connectivity index (χ0n) is 14.4. The van der Waals surface area contributed by atoms with Crippen LogP contribution in [0.15, 0.2) is 48.8 Å². The van der Waals surface area contributed by atoms with Crippen molar-refractivity contribution in [3.63, 3.8) is 0 Å². The Kier molecular flexibility index (Phi) is 5.88. The lowest BCUT2D eigenvalue weighted by Gasteiger charge is -2.33. The third-order valence-electron chi connectivity index (χ3n) is 4.86. The number of phenolic OH excluding ortho intramolecular Hbond substituents is 1. The Morgan fingerprint density at radius 1 is 1.16 bits per heavy atom. The molecule has 0 saturated carbocycles. The van der Waals surface area contributed by atoms with Gasteiger partial charge in [-0.3, -0.25) is 9.78 Å². The van der Waals surface area contributed by atoms with Crippen LogP contribution in [0.4, 0.5) is 5.69 Å². The Morgan fingerprint density at radius 3 is 2.60 bits per heavy atom. The summed E-state index contributed by atoms with van der Waals surface area (Å²) >= 11 is 0. The quantitative estimate of drug-likeness (QED) is 0.849. The van der Waals surface area contributed by atoms with Crippen LogP contribution in [0.3, 0.4) is 0 Å². The van der Waals surface area contributed by atoms with E-state index < -0.39 is 0 Å². The number of nitrogens with zero attached hydrogens (tertiary/aromatic N) is 2. The second-order valence-electron chi connectivity index (χ2n) is 6.58. The van der Waals surface area contributed by atoms with Gasteiger partial charge in [0.25, 0.3) is 0 Å². The van der Waals surface area contributed by atoms with Crippen LogP contribution in [0, 0.1) is 5.92 Å². The average molecular weight is 339 g/mol. The average Bonchev–Trinajstić information content (AvgIpc) is 2.65. The molecule has 1 aliphatic rings. The molecule has 0 unspecified atom stereocenters. The fourth-order valence-electron chi connectivity index (χ4n) is 3.35. The van der Waals surface area contributed by atoms with Gasteiger partial charge in [-0.25, -0.2) is 0 Å². The summed E-state index contributed by atoms with van der Waals surface area (Å²) in [4.78, 5) is 18.5. The molecule has 0 bridgehead atoms. The van der Waals surface area contributed by atoms with Crippen molar-refractivity contribution >= 4 is 11.6 Å². The minimum absolute atomic E-state index is 0.0317. The molecule has 2 N–H and O–H groups in total. The van der Waals surface area contributed by atoms with Gasteiger partial charge in [0.1, 0.15) is 5.75 Å². The number of phenols is 1. The molecule has 1 fully saturated rings. The minimum Gasteiger partial charge on any atom is -0.508 e. The van der Waals surface area contributed by atoms with Gasteiger partial charge in [-0.1, -0.05) is 18.2 Å². The van der Waals surface area contributed by atoms with Gasteiger partial charge in [0.15, 0.2) is 0 Å². The number of nitrogens with one attached hydrogen (secondary N) is 1. The highest BCUT2D eigenvalue weighted by atomic mass is 16.3. The molecule has 5 nitrogen and oxygen atoms in total. The summed E-state index contributed by atoms with van der Waals surface area (Å²) in [5.74, 6) is 0.806. The van der Waals surface area contributed by atoms with Gasteiger partial charge in [0.2, 0.25) is 5.91 Å². The second kappa shape index (κ2) is 8.51. The zero-order chi connectivity index (χ0) is 17.5. The third kappa shape index (κ3) is 4.95. The van der Waals surface area contributed by atoms with Crippen molar-refractivity contribution in [1.29, 1.82) is 0 Å². The molecule has 2 aromatic rings. The molecule has 3 rings (SSSR count). The molecule has 1 aromatic heterocycles. The number of hydrogen-bond acceptors (Lipinski definition) is 4. The molecule has 1 aromatic carbocycles. The van der Waals surface area contributed by atoms with Crippen molar-refractivity contribution in [2.75, 3.05) is 24.5 Å². The molecule has 1 amide bonds. The maximum Gasteiger partial charge on any atom is 0.224 e. The van der Waals surface area contributed by atoms with E-state index in [0.29, 0.717) is 18.0 Å². The summed E-state index contributed by atoms with van der Waals surface area (Å²) in [6.45, 7) is 2.81. The molecular formula is C20H25N3O2. The molecule has 0 aliphatic carbocycles. The van der Waals surface area contributed by atoms with Gasteiger partial charge >= 0.3 is 0 Å². The van der Waals surface area contributed by atoms with Crippen LogP contribution in [0.5, 0.6) is 5.75 Å². The van der Waals surface area contributed by atoms with Crippen LogP contribution in [0.2, 0.25) is 0 Å². The third-order valence-corrected chi connectivity index (χ3v) is 4.86. The summed E-state index contributed by atoms with van der Waals surface area (Å²) in [6.07, 6.45) is 7.21. The van der Waals surface area contributed by atoms with Gasteiger partial charge in [-0.05, 0) is 43.4 Å². The predicted octanol–water partition coefficient (Wildman–Crippen LogP) is 2.75. The van der Waals surface area contributed by atoms with E-state index in [2.05, 4.69) is 27.3 Å². The number of benzene rings is 1. The smallest absolute Gasteiger partial charge is 0.224 e. The lowest BCUT2D eigenvalue weighted by Crippen LogP contribution is -2.35. The Labute approximate surface area is 148 Å². The summed E-state index contributed by atoms with van der Waals surface area (Å²) in [5, 5.41) is 12.7. The number of amides is 1. The number of hydrogen-bond donors (Lipinski definition) is 2. The van der Waals surface area contributed by atoms with Gasteiger partial charge in [-0.15, -0.1) is 0 Å². The maximum atomic E-state index is 12.0. The van der Waals surface area contributed by atoms with Crippen molar-refractivity contribution < 1.29 is 9.90 Å². The zero-order valence-corrected chi connectivity index (χ0v) is 14.4. The summed E-state index contributed by atoms with van der Waals surface area (Å²) in [5.41, 5.74) is 1.91. The fourth-order valence-corrected chi connectivity index (χ4v) is 3.35. The van der Waals surface area contributed by atoms with E-state index in [4.69, 9.17) is 0 Å². The Morgan fingerprint density at radius 2 is 1.88 bits per heavy atom. The highest BCUT2D eigenvalue weighted by Crippen LogP contribution is 2.24. The first kappa shape index (κ1) is 17.3. The molecule has 132 valence electrons. The first-order valence-corrected chi connectivity index (χ1v) is 8.91. The Hall–Kier alpha value is -2.56. The van der Waals surface area contributed by atoms with Crippen LogP contribution in [-0.4, -0.2) is 35.6 Å². The number of carbonyl (C=O) groups excluding carboxylic acids is 1. The molecule has 25 heavy (non-hydrogen) atoms. The first-order chi connectivity index (χ1) is 12.2. The van der Waals surface area contributed by atoms with Crippen molar-refractivity contribution in [2.45, 2.75) is 25.7 Å². The number of anilines is 1. The second-order valence-corrected chi connectivity index (χ2v) is 6.58. The number of aromatic hydroxyl groups is 1. The number of rotatable bonds is 6. The van der Waals surface area contributed by atoms with Gasteiger partial charge < -0.3 is 15.3 Å². The lowest BCUT2D eigenvalue weighted by atomic mass is 9.93. The minimum atomic E-state index is -0.0317. The number of carbonyl (C=O) groups is 1. The predicted molar refractivity (Wildman–Crippen MR) is 98.6 cm³/mol. The molecule has 0 spiro atoms. The Bertz CT molecular complexity index is 682. The van der Waals surface area contributed by atoms with Crippen molar-refractivity contribution in [3.05, 3.63) is 54.4 Å². The number of aromatic nitrogens is 1. The summed E-state index contributed by atoms with van der Waals surface area (Å²) in [6, 6.07) is 11.1. The summed E-state index contributed by atoms with van der Waals surface area (Å²) < 4.78 is 0. The molecule has 2 heterocycles. The normalized spacial score (nSPS) is 15.1. The van der Waals surface area contributed by atoms with Crippen LogP contribution >= 0.6 is 0 Å². The first-order valence-electron chi connectivity index (χ1n) is 8.91. The maximum absolute atomic E-state index is 12.0. The molecule has 5 heteroatoms. The molecule has 1 saturated heterocycles. The SMILES string of the molecule is O=C(Cc1ccccc1O)NCCC1CCN(c2ccncc2)CC1. The van der Waals surface area contributed by atoms with E-state index in [-0.39, 0.29) is 18.1 Å². The number of piperidine rings is 1.